The molecule has 3 rings (SSSR count). The maximum absolute atomic E-state index is 12.6. The summed E-state index contributed by atoms with van der Waals surface area (Å²) in [6.45, 7) is 6.94. The van der Waals surface area contributed by atoms with Crippen molar-refractivity contribution < 1.29 is 9.72 Å². The molecule has 0 saturated carbocycles. The van der Waals surface area contributed by atoms with Gasteiger partial charge in [0.15, 0.2) is 0 Å². The van der Waals surface area contributed by atoms with E-state index in [4.69, 9.17) is 0 Å². The Labute approximate surface area is 147 Å². The second-order valence-corrected chi connectivity index (χ2v) is 6.73. The van der Waals surface area contributed by atoms with Gasteiger partial charge in [0.25, 0.3) is 5.69 Å². The topological polar surface area (TPSA) is 78.7 Å². The molecule has 134 valence electrons. The summed E-state index contributed by atoms with van der Waals surface area (Å²) < 4.78 is 0. The standard InChI is InChI=1S/C18H24N4O3/c1-13-5-6-16(22(24)25)14(2)17(13)19-18(23)21-11-7-15(8-12-21)20-9-3-4-10-20/h3-6,15H,7-12H2,1-2H3,(H,19,23). The number of benzene rings is 1. The van der Waals surface area contributed by atoms with Gasteiger partial charge in [0, 0.05) is 38.3 Å². The Morgan fingerprint density at radius 2 is 1.84 bits per heavy atom. The number of rotatable bonds is 3. The fourth-order valence-electron chi connectivity index (χ4n) is 3.64. The van der Waals surface area contributed by atoms with Gasteiger partial charge in [-0.3, -0.25) is 15.0 Å². The quantitative estimate of drug-likeness (QED) is 0.519. The summed E-state index contributed by atoms with van der Waals surface area (Å²) in [6.07, 6.45) is 6.30. The number of aryl methyl sites for hydroxylation is 1. The molecule has 0 aliphatic carbocycles. The first-order valence-corrected chi connectivity index (χ1v) is 8.67. The van der Waals surface area contributed by atoms with Crippen LogP contribution in [-0.2, 0) is 0 Å². The number of nitro benzene ring substituents is 1. The van der Waals surface area contributed by atoms with Crippen LogP contribution >= 0.6 is 0 Å². The molecule has 25 heavy (non-hydrogen) atoms. The molecule has 1 saturated heterocycles. The van der Waals surface area contributed by atoms with Crippen LogP contribution in [0.25, 0.3) is 0 Å². The summed E-state index contributed by atoms with van der Waals surface area (Å²) in [5, 5.41) is 14.0. The molecular formula is C18H24N4O3. The number of urea groups is 1. The van der Waals surface area contributed by atoms with Crippen LogP contribution in [0.3, 0.4) is 0 Å². The maximum Gasteiger partial charge on any atom is 0.321 e. The molecule has 7 heteroatoms. The second-order valence-electron chi connectivity index (χ2n) is 6.73. The molecule has 7 nitrogen and oxygen atoms in total. The van der Waals surface area contributed by atoms with Crippen molar-refractivity contribution in [2.24, 2.45) is 0 Å². The molecule has 1 N–H and O–H groups in total. The zero-order chi connectivity index (χ0) is 18.0. The lowest BCUT2D eigenvalue weighted by molar-refractivity contribution is -0.385. The minimum Gasteiger partial charge on any atom is -0.324 e. The van der Waals surface area contributed by atoms with E-state index >= 15 is 0 Å². The summed E-state index contributed by atoms with van der Waals surface area (Å²) in [5.74, 6) is 0. The van der Waals surface area contributed by atoms with Crippen molar-refractivity contribution in [3.05, 3.63) is 45.5 Å². The van der Waals surface area contributed by atoms with Crippen LogP contribution in [0.2, 0.25) is 0 Å². The first kappa shape index (κ1) is 17.4. The minimum atomic E-state index is -0.417. The lowest BCUT2D eigenvalue weighted by atomic mass is 10.0. The SMILES string of the molecule is Cc1ccc([N+](=O)[O-])c(C)c1NC(=O)N1CCC(N2CC=CC2)CC1. The van der Waals surface area contributed by atoms with Crippen molar-refractivity contribution >= 4 is 17.4 Å². The number of hydrogen-bond acceptors (Lipinski definition) is 4. The van der Waals surface area contributed by atoms with E-state index in [-0.39, 0.29) is 11.7 Å². The van der Waals surface area contributed by atoms with Gasteiger partial charge < -0.3 is 10.2 Å². The smallest absolute Gasteiger partial charge is 0.321 e. The van der Waals surface area contributed by atoms with Gasteiger partial charge >= 0.3 is 6.03 Å². The highest BCUT2D eigenvalue weighted by atomic mass is 16.6. The van der Waals surface area contributed by atoms with Gasteiger partial charge in [-0.1, -0.05) is 18.2 Å². The van der Waals surface area contributed by atoms with E-state index in [9.17, 15) is 14.9 Å². The molecular weight excluding hydrogens is 320 g/mol. The summed E-state index contributed by atoms with van der Waals surface area (Å²) in [6, 6.07) is 3.51. The van der Waals surface area contributed by atoms with Crippen molar-refractivity contribution in [3.8, 4) is 0 Å². The van der Waals surface area contributed by atoms with Gasteiger partial charge in [-0.15, -0.1) is 0 Å². The number of likely N-dealkylation sites (tertiary alicyclic amines) is 1. The van der Waals surface area contributed by atoms with E-state index in [1.54, 1.807) is 17.9 Å². The minimum absolute atomic E-state index is 0.0288. The molecule has 1 aromatic rings. The average molecular weight is 344 g/mol. The molecule has 0 radical (unpaired) electrons. The van der Waals surface area contributed by atoms with Gasteiger partial charge in [0.05, 0.1) is 16.2 Å². The van der Waals surface area contributed by atoms with E-state index in [1.165, 1.54) is 6.07 Å². The highest BCUT2D eigenvalue weighted by molar-refractivity contribution is 5.92. The molecule has 0 bridgehead atoms. The number of carbonyl (C=O) groups excluding carboxylic acids is 1. The van der Waals surface area contributed by atoms with Crippen LogP contribution in [0.5, 0.6) is 0 Å². The van der Waals surface area contributed by atoms with E-state index in [0.717, 1.165) is 31.5 Å². The van der Waals surface area contributed by atoms with Crippen molar-refractivity contribution in [1.82, 2.24) is 9.80 Å². The van der Waals surface area contributed by atoms with Crippen LogP contribution in [0.1, 0.15) is 24.0 Å². The monoisotopic (exact) mass is 344 g/mol. The lowest BCUT2D eigenvalue weighted by Gasteiger charge is -2.36. The van der Waals surface area contributed by atoms with Crippen LogP contribution in [-0.4, -0.2) is 53.0 Å². The number of amides is 2. The molecule has 0 atom stereocenters. The molecule has 1 fully saturated rings. The van der Waals surface area contributed by atoms with Gasteiger partial charge in [0.2, 0.25) is 0 Å². The molecule has 0 aromatic heterocycles. The van der Waals surface area contributed by atoms with Gasteiger partial charge in [-0.2, -0.15) is 0 Å². The van der Waals surface area contributed by atoms with Crippen LogP contribution in [0, 0.1) is 24.0 Å². The van der Waals surface area contributed by atoms with Crippen LogP contribution < -0.4 is 5.32 Å². The first-order valence-electron chi connectivity index (χ1n) is 8.67. The number of carbonyl (C=O) groups is 1. The molecule has 0 unspecified atom stereocenters. The van der Waals surface area contributed by atoms with Crippen molar-refractivity contribution in [2.75, 3.05) is 31.5 Å². The van der Waals surface area contributed by atoms with Crippen molar-refractivity contribution in [1.29, 1.82) is 0 Å². The number of nitrogens with zero attached hydrogens (tertiary/aromatic N) is 3. The Kier molecular flexibility index (Phi) is 5.03. The zero-order valence-electron chi connectivity index (χ0n) is 14.7. The summed E-state index contributed by atoms with van der Waals surface area (Å²) in [4.78, 5) is 27.5. The third-order valence-electron chi connectivity index (χ3n) is 5.19. The van der Waals surface area contributed by atoms with Crippen LogP contribution in [0.4, 0.5) is 16.2 Å². The van der Waals surface area contributed by atoms with Crippen LogP contribution in [0.15, 0.2) is 24.3 Å². The fraction of sp³-hybridized carbons (Fsp3) is 0.500. The van der Waals surface area contributed by atoms with Gasteiger partial charge in [-0.05, 0) is 32.3 Å². The summed E-state index contributed by atoms with van der Waals surface area (Å²) in [5.41, 5.74) is 1.90. The predicted molar refractivity (Wildman–Crippen MR) is 96.9 cm³/mol. The number of piperidine rings is 1. The Hall–Kier alpha value is -2.41. The number of nitro groups is 1. The van der Waals surface area contributed by atoms with E-state index < -0.39 is 4.92 Å². The Balaban J connectivity index is 1.63. The summed E-state index contributed by atoms with van der Waals surface area (Å²) in [7, 11) is 0. The third-order valence-corrected chi connectivity index (χ3v) is 5.19. The average Bonchev–Trinajstić information content (AvgIpc) is 3.13. The molecule has 1 aromatic carbocycles. The fourth-order valence-corrected chi connectivity index (χ4v) is 3.64. The lowest BCUT2D eigenvalue weighted by Crippen LogP contribution is -2.47. The molecule has 2 aliphatic heterocycles. The number of anilines is 1. The second kappa shape index (κ2) is 7.23. The Bertz CT molecular complexity index is 701. The van der Waals surface area contributed by atoms with Crippen molar-refractivity contribution in [3.63, 3.8) is 0 Å². The summed E-state index contributed by atoms with van der Waals surface area (Å²) >= 11 is 0. The van der Waals surface area contributed by atoms with E-state index in [2.05, 4.69) is 22.4 Å². The number of nitrogens with one attached hydrogen (secondary N) is 1. The number of hydrogen-bond donors (Lipinski definition) is 1. The normalized spacial score (nSPS) is 18.6. The van der Waals surface area contributed by atoms with Gasteiger partial charge in [-0.25, -0.2) is 4.79 Å². The Morgan fingerprint density at radius 1 is 1.20 bits per heavy atom. The molecule has 0 spiro atoms. The molecule has 2 heterocycles. The Morgan fingerprint density at radius 3 is 2.44 bits per heavy atom. The molecule has 2 aliphatic rings. The van der Waals surface area contributed by atoms with Crippen molar-refractivity contribution in [2.45, 2.75) is 32.7 Å². The zero-order valence-corrected chi connectivity index (χ0v) is 14.7. The van der Waals surface area contributed by atoms with E-state index in [0.29, 0.717) is 30.4 Å². The highest BCUT2D eigenvalue weighted by Crippen LogP contribution is 2.29. The maximum atomic E-state index is 12.6. The predicted octanol–water partition coefficient (Wildman–Crippen LogP) is 3.08. The largest absolute Gasteiger partial charge is 0.324 e. The first-order chi connectivity index (χ1) is 12.0. The van der Waals surface area contributed by atoms with Gasteiger partial charge in [0.1, 0.15) is 0 Å². The van der Waals surface area contributed by atoms with E-state index in [1.807, 2.05) is 6.92 Å². The molecule has 2 amide bonds. The highest BCUT2D eigenvalue weighted by Gasteiger charge is 2.28. The third kappa shape index (κ3) is 3.66.